The zero-order valence-corrected chi connectivity index (χ0v) is 5.29. The Hall–Kier alpha value is 0.110. The monoisotopic (exact) mass is 137 g/mol. The van der Waals surface area contributed by atoms with Crippen molar-refractivity contribution in [3.63, 3.8) is 0 Å². The van der Waals surface area contributed by atoms with E-state index in [0.717, 1.165) is 0 Å². The Bertz CT molecular complexity index is 107. The van der Waals surface area contributed by atoms with E-state index in [1.165, 1.54) is 0 Å². The van der Waals surface area contributed by atoms with Crippen LogP contribution in [0, 0.1) is 0 Å². The summed E-state index contributed by atoms with van der Waals surface area (Å²) in [6.07, 6.45) is 0.256. The third-order valence-electron chi connectivity index (χ3n) is 0.870. The molecular formula is C3H8NO3P. The molecule has 2 unspecified atom stereocenters. The maximum absolute atomic E-state index is 10.3. The molecule has 4 nitrogen and oxygen atoms in total. The van der Waals surface area contributed by atoms with Crippen molar-refractivity contribution in [1.82, 2.24) is 0 Å². The Morgan fingerprint density at radius 2 is 2.50 bits per heavy atom. The lowest BCUT2D eigenvalue weighted by Crippen LogP contribution is -2.25. The summed E-state index contributed by atoms with van der Waals surface area (Å²) >= 11 is 0. The summed E-state index contributed by atoms with van der Waals surface area (Å²) in [6, 6.07) is 0. The van der Waals surface area contributed by atoms with Crippen molar-refractivity contribution >= 4 is 8.25 Å². The van der Waals surface area contributed by atoms with Gasteiger partial charge >= 0.3 is 8.25 Å². The zero-order valence-electron chi connectivity index (χ0n) is 4.29. The highest BCUT2D eigenvalue weighted by Gasteiger charge is 2.13. The van der Waals surface area contributed by atoms with E-state index < -0.39 is 8.25 Å². The molecule has 0 spiro atoms. The predicted octanol–water partition coefficient (Wildman–Crippen LogP) is 0.0978. The molecule has 1 saturated heterocycles. The van der Waals surface area contributed by atoms with Crippen LogP contribution in [-0.2, 0) is 13.6 Å². The maximum Gasteiger partial charge on any atom is 0.320 e. The first-order valence-corrected chi connectivity index (χ1v) is 3.60. The summed E-state index contributed by atoms with van der Waals surface area (Å²) in [5.74, 6) is 0. The Kier molecular flexibility index (Phi) is 2.02. The molecule has 1 rings (SSSR count). The van der Waals surface area contributed by atoms with Crippen LogP contribution >= 0.6 is 8.25 Å². The quantitative estimate of drug-likeness (QED) is 0.481. The number of hydrogen-bond acceptors (Lipinski definition) is 4. The van der Waals surface area contributed by atoms with Gasteiger partial charge in [0.05, 0.1) is 6.61 Å². The lowest BCUT2D eigenvalue weighted by molar-refractivity contribution is 0.101. The van der Waals surface area contributed by atoms with Crippen LogP contribution in [0.3, 0.4) is 0 Å². The lowest BCUT2D eigenvalue weighted by atomic mass is 10.4. The SMILES string of the molecule is NC1CCO[PH](=O)O1. The summed E-state index contributed by atoms with van der Waals surface area (Å²) < 4.78 is 19.5. The van der Waals surface area contributed by atoms with Gasteiger partial charge in [-0.2, -0.15) is 0 Å². The molecule has 0 saturated carbocycles. The van der Waals surface area contributed by atoms with Crippen molar-refractivity contribution in [3.8, 4) is 0 Å². The van der Waals surface area contributed by atoms with Gasteiger partial charge in [-0.25, -0.2) is 0 Å². The molecule has 1 aliphatic rings. The van der Waals surface area contributed by atoms with Crippen LogP contribution in [-0.4, -0.2) is 12.8 Å². The molecule has 8 heavy (non-hydrogen) atoms. The molecule has 0 bridgehead atoms. The normalized spacial score (nSPS) is 39.6. The van der Waals surface area contributed by atoms with E-state index in [1.807, 2.05) is 0 Å². The summed E-state index contributed by atoms with van der Waals surface area (Å²) in [4.78, 5) is 0. The molecule has 0 aliphatic carbocycles. The molecule has 0 aromatic carbocycles. The molecule has 0 aromatic rings. The van der Waals surface area contributed by atoms with Crippen molar-refractivity contribution in [3.05, 3.63) is 0 Å². The fourth-order valence-corrected chi connectivity index (χ4v) is 1.19. The van der Waals surface area contributed by atoms with E-state index in [-0.39, 0.29) is 6.23 Å². The fourth-order valence-electron chi connectivity index (χ4n) is 0.475. The minimum absolute atomic E-state index is 0.380. The van der Waals surface area contributed by atoms with Gasteiger partial charge in [-0.15, -0.1) is 0 Å². The average Bonchev–Trinajstić information content (AvgIpc) is 1.64. The van der Waals surface area contributed by atoms with Crippen molar-refractivity contribution in [2.24, 2.45) is 5.73 Å². The van der Waals surface area contributed by atoms with E-state index in [2.05, 4.69) is 9.05 Å². The Labute approximate surface area is 47.9 Å². The largest absolute Gasteiger partial charge is 0.320 e. The molecule has 1 fully saturated rings. The smallest absolute Gasteiger partial charge is 0.310 e. The van der Waals surface area contributed by atoms with Crippen LogP contribution < -0.4 is 5.73 Å². The van der Waals surface area contributed by atoms with Gasteiger partial charge in [0.1, 0.15) is 6.23 Å². The van der Waals surface area contributed by atoms with Crippen molar-refractivity contribution < 1.29 is 13.6 Å². The van der Waals surface area contributed by atoms with Crippen molar-refractivity contribution in [2.75, 3.05) is 6.61 Å². The van der Waals surface area contributed by atoms with Crippen LogP contribution in [0.15, 0.2) is 0 Å². The molecule has 0 amide bonds. The first-order valence-electron chi connectivity index (χ1n) is 2.38. The highest BCUT2D eigenvalue weighted by atomic mass is 31.1. The first-order chi connectivity index (χ1) is 3.79. The van der Waals surface area contributed by atoms with Gasteiger partial charge in [0.15, 0.2) is 0 Å². The van der Waals surface area contributed by atoms with Gasteiger partial charge in [-0.05, 0) is 0 Å². The molecule has 2 N–H and O–H groups in total. The molecule has 2 atom stereocenters. The van der Waals surface area contributed by atoms with Crippen molar-refractivity contribution in [2.45, 2.75) is 12.6 Å². The predicted molar refractivity (Wildman–Crippen MR) is 28.6 cm³/mol. The van der Waals surface area contributed by atoms with E-state index in [0.29, 0.717) is 13.0 Å². The van der Waals surface area contributed by atoms with Crippen LogP contribution in [0.25, 0.3) is 0 Å². The van der Waals surface area contributed by atoms with Gasteiger partial charge in [0.25, 0.3) is 0 Å². The second-order valence-corrected chi connectivity index (χ2v) is 2.57. The van der Waals surface area contributed by atoms with Gasteiger partial charge in [0, 0.05) is 6.42 Å². The number of hydrogen-bond donors (Lipinski definition) is 1. The first kappa shape index (κ1) is 6.23. The standard InChI is InChI=1S/C3H8NO3P/c4-3-1-2-6-8(5)7-3/h3,8H,1-2,4H2. The van der Waals surface area contributed by atoms with Crippen molar-refractivity contribution in [1.29, 1.82) is 0 Å². The summed E-state index contributed by atoms with van der Waals surface area (Å²) in [5, 5.41) is 0. The summed E-state index contributed by atoms with van der Waals surface area (Å²) in [5.41, 5.74) is 5.25. The molecule has 1 heterocycles. The molecule has 0 aromatic heterocycles. The number of rotatable bonds is 0. The third kappa shape index (κ3) is 1.56. The van der Waals surface area contributed by atoms with Crippen LogP contribution in [0.4, 0.5) is 0 Å². The molecule has 0 radical (unpaired) electrons. The van der Waals surface area contributed by atoms with E-state index in [4.69, 9.17) is 5.73 Å². The second kappa shape index (κ2) is 2.60. The number of nitrogens with two attached hydrogens (primary N) is 1. The average molecular weight is 137 g/mol. The second-order valence-electron chi connectivity index (χ2n) is 1.54. The van der Waals surface area contributed by atoms with Crippen LogP contribution in [0.2, 0.25) is 0 Å². The van der Waals surface area contributed by atoms with Crippen LogP contribution in [0.1, 0.15) is 6.42 Å². The third-order valence-corrected chi connectivity index (χ3v) is 1.80. The highest BCUT2D eigenvalue weighted by Crippen LogP contribution is 2.29. The molecular weight excluding hydrogens is 129 g/mol. The Morgan fingerprint density at radius 3 is 2.88 bits per heavy atom. The zero-order chi connectivity index (χ0) is 5.98. The minimum atomic E-state index is -2.22. The van der Waals surface area contributed by atoms with Crippen LogP contribution in [0.5, 0.6) is 0 Å². The fraction of sp³-hybridized carbons (Fsp3) is 1.00. The summed E-state index contributed by atoms with van der Waals surface area (Å²) in [7, 11) is -2.22. The topological polar surface area (TPSA) is 61.5 Å². The molecule has 48 valence electrons. The minimum Gasteiger partial charge on any atom is -0.310 e. The van der Waals surface area contributed by atoms with Gasteiger partial charge in [-0.3, -0.25) is 9.09 Å². The van der Waals surface area contributed by atoms with E-state index in [9.17, 15) is 4.57 Å². The Morgan fingerprint density at radius 1 is 1.75 bits per heavy atom. The Balaban J connectivity index is 2.34. The lowest BCUT2D eigenvalue weighted by Gasteiger charge is -2.17. The van der Waals surface area contributed by atoms with E-state index in [1.54, 1.807) is 0 Å². The van der Waals surface area contributed by atoms with Gasteiger partial charge in [-0.1, -0.05) is 0 Å². The van der Waals surface area contributed by atoms with E-state index >= 15 is 0 Å². The van der Waals surface area contributed by atoms with Gasteiger partial charge in [0.2, 0.25) is 0 Å². The molecule has 5 heteroatoms. The van der Waals surface area contributed by atoms with Gasteiger partial charge < -0.3 is 10.3 Å². The highest BCUT2D eigenvalue weighted by molar-refractivity contribution is 7.33. The summed E-state index contributed by atoms with van der Waals surface area (Å²) in [6.45, 7) is 0.457. The maximum atomic E-state index is 10.3. The molecule has 1 aliphatic heterocycles.